The molecule has 0 unspecified atom stereocenters. The van der Waals surface area contributed by atoms with Crippen LogP contribution in [0.1, 0.15) is 25.0 Å². The normalized spacial score (nSPS) is 12.6. The SMILES string of the molecule is CC1(C)c2cc(-c3ccc(-c4ccccc4)cc3)ccc2-c2c(N(c3ccc(-c4ccccc4)cc3)c3ccc(-c4ccccc4)cc3)cc3ccccc3c21. The van der Waals surface area contributed by atoms with Crippen molar-refractivity contribution in [3.63, 3.8) is 0 Å². The van der Waals surface area contributed by atoms with Crippen LogP contribution in [0.3, 0.4) is 0 Å². The highest BCUT2D eigenvalue weighted by atomic mass is 15.1. The zero-order valence-electron chi connectivity index (χ0n) is 31.7. The maximum absolute atomic E-state index is 2.47. The summed E-state index contributed by atoms with van der Waals surface area (Å²) in [6, 6.07) is 77.5. The first-order chi connectivity index (χ1) is 27.5. The summed E-state index contributed by atoms with van der Waals surface area (Å²) in [5, 5.41) is 2.55. The summed E-state index contributed by atoms with van der Waals surface area (Å²) >= 11 is 0. The van der Waals surface area contributed by atoms with Crippen LogP contribution in [0.25, 0.3) is 66.4 Å². The molecule has 0 N–H and O–H groups in total. The van der Waals surface area contributed by atoms with Crippen molar-refractivity contribution in [2.75, 3.05) is 4.90 Å². The number of hydrogen-bond acceptors (Lipinski definition) is 1. The van der Waals surface area contributed by atoms with Gasteiger partial charge in [-0.3, -0.25) is 0 Å². The van der Waals surface area contributed by atoms with Crippen LogP contribution in [0.5, 0.6) is 0 Å². The molecule has 0 saturated carbocycles. The Balaban J connectivity index is 1.15. The maximum Gasteiger partial charge on any atom is 0.0549 e. The van der Waals surface area contributed by atoms with Crippen molar-refractivity contribution in [2.45, 2.75) is 19.3 Å². The number of anilines is 3. The van der Waals surface area contributed by atoms with Crippen LogP contribution in [0.2, 0.25) is 0 Å². The van der Waals surface area contributed by atoms with Crippen LogP contribution >= 0.6 is 0 Å². The van der Waals surface area contributed by atoms with E-state index in [9.17, 15) is 0 Å². The minimum atomic E-state index is -0.236. The molecule has 0 aliphatic heterocycles. The molecule has 10 rings (SSSR count). The Hall–Kier alpha value is -6.96. The maximum atomic E-state index is 2.47. The number of nitrogens with zero attached hydrogens (tertiary/aromatic N) is 1. The van der Waals surface area contributed by atoms with E-state index in [1.807, 2.05) is 0 Å². The number of hydrogen-bond donors (Lipinski definition) is 0. The van der Waals surface area contributed by atoms with Gasteiger partial charge >= 0.3 is 0 Å². The molecule has 0 fully saturated rings. The quantitative estimate of drug-likeness (QED) is 0.159. The minimum absolute atomic E-state index is 0.236. The Kier molecular flexibility index (Phi) is 8.23. The second-order valence-electron chi connectivity index (χ2n) is 15.4. The Morgan fingerprint density at radius 2 is 0.750 bits per heavy atom. The molecular formula is C55H41N. The van der Waals surface area contributed by atoms with Crippen LogP contribution in [0.15, 0.2) is 212 Å². The summed E-state index contributed by atoms with van der Waals surface area (Å²) in [4.78, 5) is 2.47. The van der Waals surface area contributed by atoms with Gasteiger partial charge in [0, 0.05) is 22.4 Å². The van der Waals surface area contributed by atoms with Crippen LogP contribution in [0.4, 0.5) is 17.1 Å². The van der Waals surface area contributed by atoms with Gasteiger partial charge in [0.25, 0.3) is 0 Å². The molecule has 0 aromatic heterocycles. The Morgan fingerprint density at radius 3 is 1.25 bits per heavy atom. The van der Waals surface area contributed by atoms with E-state index in [1.54, 1.807) is 0 Å². The fourth-order valence-electron chi connectivity index (χ4n) is 8.80. The van der Waals surface area contributed by atoms with Gasteiger partial charge in [-0.1, -0.05) is 190 Å². The van der Waals surface area contributed by atoms with Crippen molar-refractivity contribution >= 4 is 27.8 Å². The zero-order chi connectivity index (χ0) is 37.6. The standard InChI is InChI=1S/C55H41N/c1-55(2)51-36-45(44-24-22-41(23-25-44)38-14-6-3-7-15-38)30-35-50(51)53-52(37-46-20-12-13-21-49(46)54(53)55)56(47-31-26-42(27-32-47)39-16-8-4-9-17-39)48-33-28-43(29-34-48)40-18-10-5-11-19-40/h3-37H,1-2H3. The Bertz CT molecular complexity index is 2740. The molecule has 0 radical (unpaired) electrons. The monoisotopic (exact) mass is 715 g/mol. The van der Waals surface area contributed by atoms with Crippen molar-refractivity contribution in [3.05, 3.63) is 223 Å². The van der Waals surface area contributed by atoms with E-state index in [0.29, 0.717) is 0 Å². The van der Waals surface area contributed by atoms with Crippen molar-refractivity contribution in [1.82, 2.24) is 0 Å². The molecule has 266 valence electrons. The lowest BCUT2D eigenvalue weighted by atomic mass is 9.79. The molecule has 1 aliphatic rings. The second kappa shape index (κ2) is 13.7. The number of rotatable bonds is 7. The second-order valence-corrected chi connectivity index (χ2v) is 15.4. The van der Waals surface area contributed by atoms with Gasteiger partial charge in [0.15, 0.2) is 0 Å². The fraction of sp³-hybridized carbons (Fsp3) is 0.0545. The summed E-state index contributed by atoms with van der Waals surface area (Å²) in [6.07, 6.45) is 0. The van der Waals surface area contributed by atoms with Crippen LogP contribution in [-0.2, 0) is 5.41 Å². The van der Waals surface area contributed by atoms with E-state index < -0.39 is 0 Å². The smallest absolute Gasteiger partial charge is 0.0549 e. The predicted octanol–water partition coefficient (Wildman–Crippen LogP) is 15.3. The fourth-order valence-corrected chi connectivity index (χ4v) is 8.80. The molecule has 0 bridgehead atoms. The third-order valence-electron chi connectivity index (χ3n) is 11.6. The third-order valence-corrected chi connectivity index (χ3v) is 11.6. The summed E-state index contributed by atoms with van der Waals surface area (Å²) in [5.74, 6) is 0. The van der Waals surface area contributed by atoms with Gasteiger partial charge in [0.2, 0.25) is 0 Å². The first kappa shape index (κ1) is 33.6. The molecule has 1 heteroatoms. The third kappa shape index (κ3) is 5.81. The molecule has 0 saturated heterocycles. The first-order valence-corrected chi connectivity index (χ1v) is 19.5. The Morgan fingerprint density at radius 1 is 0.357 bits per heavy atom. The van der Waals surface area contributed by atoms with E-state index in [2.05, 4.69) is 231 Å². The van der Waals surface area contributed by atoms with Crippen molar-refractivity contribution in [1.29, 1.82) is 0 Å². The molecule has 0 amide bonds. The highest BCUT2D eigenvalue weighted by molar-refractivity contribution is 6.06. The average Bonchev–Trinajstić information content (AvgIpc) is 3.51. The predicted molar refractivity (Wildman–Crippen MR) is 238 cm³/mol. The van der Waals surface area contributed by atoms with Gasteiger partial charge in [-0.05, 0) is 108 Å². The zero-order valence-corrected chi connectivity index (χ0v) is 31.7. The van der Waals surface area contributed by atoms with Crippen LogP contribution < -0.4 is 4.90 Å². The minimum Gasteiger partial charge on any atom is -0.310 e. The summed E-state index contributed by atoms with van der Waals surface area (Å²) < 4.78 is 0. The van der Waals surface area contributed by atoms with Gasteiger partial charge in [0.1, 0.15) is 0 Å². The highest BCUT2D eigenvalue weighted by Crippen LogP contribution is 2.57. The van der Waals surface area contributed by atoms with Crippen molar-refractivity contribution in [2.24, 2.45) is 0 Å². The molecule has 9 aromatic rings. The van der Waals surface area contributed by atoms with Gasteiger partial charge in [-0.2, -0.15) is 0 Å². The molecule has 56 heavy (non-hydrogen) atoms. The Labute approximate surface area is 329 Å². The lowest BCUT2D eigenvalue weighted by Crippen LogP contribution is -2.17. The molecular weight excluding hydrogens is 675 g/mol. The lowest BCUT2D eigenvalue weighted by molar-refractivity contribution is 0.666. The van der Waals surface area contributed by atoms with Crippen molar-refractivity contribution in [3.8, 4) is 55.6 Å². The highest BCUT2D eigenvalue weighted by Gasteiger charge is 2.40. The summed E-state index contributed by atoms with van der Waals surface area (Å²) in [5.41, 5.74) is 18.3. The summed E-state index contributed by atoms with van der Waals surface area (Å²) in [6.45, 7) is 4.81. The molecule has 0 spiro atoms. The van der Waals surface area contributed by atoms with E-state index in [-0.39, 0.29) is 5.41 Å². The molecule has 1 nitrogen and oxygen atoms in total. The van der Waals surface area contributed by atoms with E-state index in [4.69, 9.17) is 0 Å². The van der Waals surface area contributed by atoms with Crippen molar-refractivity contribution < 1.29 is 0 Å². The molecule has 1 aliphatic carbocycles. The molecule has 0 heterocycles. The van der Waals surface area contributed by atoms with E-state index >= 15 is 0 Å². The summed E-state index contributed by atoms with van der Waals surface area (Å²) in [7, 11) is 0. The topological polar surface area (TPSA) is 3.24 Å². The lowest BCUT2D eigenvalue weighted by Gasteiger charge is -2.30. The van der Waals surface area contributed by atoms with Gasteiger partial charge < -0.3 is 4.90 Å². The largest absolute Gasteiger partial charge is 0.310 e. The van der Waals surface area contributed by atoms with E-state index in [1.165, 1.54) is 83.2 Å². The van der Waals surface area contributed by atoms with Crippen LogP contribution in [0, 0.1) is 0 Å². The molecule has 9 aromatic carbocycles. The first-order valence-electron chi connectivity index (χ1n) is 19.5. The molecule has 0 atom stereocenters. The van der Waals surface area contributed by atoms with Gasteiger partial charge in [-0.15, -0.1) is 0 Å². The van der Waals surface area contributed by atoms with E-state index in [0.717, 1.165) is 11.4 Å². The number of fused-ring (bicyclic) bond motifs is 5. The van der Waals surface area contributed by atoms with Crippen LogP contribution in [-0.4, -0.2) is 0 Å². The average molecular weight is 716 g/mol. The van der Waals surface area contributed by atoms with Gasteiger partial charge in [-0.25, -0.2) is 0 Å². The van der Waals surface area contributed by atoms with Gasteiger partial charge in [0.05, 0.1) is 5.69 Å². The number of benzene rings is 9.